The summed E-state index contributed by atoms with van der Waals surface area (Å²) in [7, 11) is 0. The fourth-order valence-electron chi connectivity index (χ4n) is 3.71. The van der Waals surface area contributed by atoms with Gasteiger partial charge in [-0.2, -0.15) is 11.8 Å². The highest BCUT2D eigenvalue weighted by Gasteiger charge is 2.34. The Kier molecular flexibility index (Phi) is 4.14. The number of nitrogens with zero attached hydrogens (tertiary/aromatic N) is 1. The van der Waals surface area contributed by atoms with Crippen molar-refractivity contribution < 1.29 is 4.79 Å². The maximum absolute atomic E-state index is 12.3. The first kappa shape index (κ1) is 12.8. The molecule has 3 aliphatic heterocycles. The number of nitrogens with one attached hydrogen (secondary N) is 1. The summed E-state index contributed by atoms with van der Waals surface area (Å²) >= 11 is 1.99. The lowest BCUT2D eigenvalue weighted by atomic mass is 9.89. The van der Waals surface area contributed by atoms with Crippen LogP contribution >= 0.6 is 11.8 Å². The lowest BCUT2D eigenvalue weighted by Gasteiger charge is -2.30. The molecule has 102 valence electrons. The first-order chi connectivity index (χ1) is 8.81. The third-order valence-corrected chi connectivity index (χ3v) is 5.66. The van der Waals surface area contributed by atoms with E-state index < -0.39 is 0 Å². The molecule has 3 fully saturated rings. The molecule has 0 aromatic heterocycles. The zero-order chi connectivity index (χ0) is 12.4. The summed E-state index contributed by atoms with van der Waals surface area (Å²) in [5.41, 5.74) is 0. The van der Waals surface area contributed by atoms with Crippen molar-refractivity contribution in [2.24, 2.45) is 5.92 Å². The Morgan fingerprint density at radius 1 is 1.17 bits per heavy atom. The summed E-state index contributed by atoms with van der Waals surface area (Å²) in [6.07, 6.45) is 7.09. The van der Waals surface area contributed by atoms with Gasteiger partial charge in [0.25, 0.3) is 0 Å². The molecule has 1 N–H and O–H groups in total. The van der Waals surface area contributed by atoms with E-state index in [-0.39, 0.29) is 0 Å². The Labute approximate surface area is 114 Å². The molecule has 4 heteroatoms. The minimum atomic E-state index is 0.420. The molecule has 3 saturated heterocycles. The van der Waals surface area contributed by atoms with Crippen molar-refractivity contribution in [1.29, 1.82) is 0 Å². The van der Waals surface area contributed by atoms with Crippen molar-refractivity contribution in [3.8, 4) is 0 Å². The standard InChI is InChI=1S/C14H24N2OS/c17-14(16-4-1-6-18-7-5-16)10-11-8-12-2-3-13(9-11)15-12/h11-13,15H,1-10H2. The summed E-state index contributed by atoms with van der Waals surface area (Å²) in [6, 6.07) is 1.42. The number of rotatable bonds is 2. The van der Waals surface area contributed by atoms with Gasteiger partial charge in [-0.05, 0) is 43.8 Å². The fourth-order valence-corrected chi connectivity index (χ4v) is 4.60. The first-order valence-corrected chi connectivity index (χ1v) is 8.58. The van der Waals surface area contributed by atoms with E-state index in [0.717, 1.165) is 25.3 Å². The Balaban J connectivity index is 1.50. The summed E-state index contributed by atoms with van der Waals surface area (Å²) in [5, 5.41) is 3.65. The predicted octanol–water partition coefficient (Wildman–Crippen LogP) is 1.87. The van der Waals surface area contributed by atoms with Gasteiger partial charge in [-0.1, -0.05) is 0 Å². The first-order valence-electron chi connectivity index (χ1n) is 7.43. The van der Waals surface area contributed by atoms with Gasteiger partial charge < -0.3 is 10.2 Å². The second kappa shape index (κ2) is 5.83. The molecule has 3 aliphatic rings. The van der Waals surface area contributed by atoms with Crippen LogP contribution in [0, 0.1) is 5.92 Å². The molecule has 3 rings (SSSR count). The number of hydrogen-bond acceptors (Lipinski definition) is 3. The van der Waals surface area contributed by atoms with E-state index in [2.05, 4.69) is 10.2 Å². The van der Waals surface area contributed by atoms with Gasteiger partial charge in [0.1, 0.15) is 0 Å². The van der Waals surface area contributed by atoms with Crippen LogP contribution in [0.5, 0.6) is 0 Å². The lowest BCUT2D eigenvalue weighted by Crippen LogP contribution is -2.41. The Morgan fingerprint density at radius 2 is 1.94 bits per heavy atom. The Morgan fingerprint density at radius 3 is 2.72 bits per heavy atom. The van der Waals surface area contributed by atoms with Gasteiger partial charge in [0.2, 0.25) is 5.91 Å². The maximum atomic E-state index is 12.3. The zero-order valence-corrected chi connectivity index (χ0v) is 11.9. The number of carbonyl (C=O) groups is 1. The maximum Gasteiger partial charge on any atom is 0.222 e. The molecular formula is C14H24N2OS. The van der Waals surface area contributed by atoms with Crippen molar-refractivity contribution in [3.05, 3.63) is 0 Å². The molecular weight excluding hydrogens is 244 g/mol. The van der Waals surface area contributed by atoms with Gasteiger partial charge >= 0.3 is 0 Å². The molecule has 3 heterocycles. The summed E-state index contributed by atoms with van der Waals surface area (Å²) in [4.78, 5) is 14.5. The highest BCUT2D eigenvalue weighted by atomic mass is 32.2. The summed E-state index contributed by atoms with van der Waals surface area (Å²) < 4.78 is 0. The zero-order valence-electron chi connectivity index (χ0n) is 11.1. The second-order valence-corrected chi connectivity index (χ2v) is 7.25. The Hall–Kier alpha value is -0.220. The predicted molar refractivity (Wildman–Crippen MR) is 75.8 cm³/mol. The molecule has 18 heavy (non-hydrogen) atoms. The topological polar surface area (TPSA) is 32.3 Å². The van der Waals surface area contributed by atoms with Crippen LogP contribution in [0.4, 0.5) is 0 Å². The van der Waals surface area contributed by atoms with Gasteiger partial charge in [-0.3, -0.25) is 4.79 Å². The van der Waals surface area contributed by atoms with Crippen molar-refractivity contribution in [1.82, 2.24) is 10.2 Å². The molecule has 0 aliphatic carbocycles. The summed E-state index contributed by atoms with van der Waals surface area (Å²) in [5.74, 6) is 3.42. The normalized spacial score (nSPS) is 36.4. The quantitative estimate of drug-likeness (QED) is 0.830. The number of hydrogen-bond donors (Lipinski definition) is 1. The minimum absolute atomic E-state index is 0.420. The minimum Gasteiger partial charge on any atom is -0.342 e. The monoisotopic (exact) mass is 268 g/mol. The van der Waals surface area contributed by atoms with Crippen molar-refractivity contribution >= 4 is 17.7 Å². The molecule has 2 bridgehead atoms. The van der Waals surface area contributed by atoms with Crippen LogP contribution < -0.4 is 5.32 Å². The Bertz CT molecular complexity index is 290. The van der Waals surface area contributed by atoms with Crippen molar-refractivity contribution in [3.63, 3.8) is 0 Å². The number of fused-ring (bicyclic) bond motifs is 2. The van der Waals surface area contributed by atoms with E-state index in [1.165, 1.54) is 37.9 Å². The van der Waals surface area contributed by atoms with E-state index >= 15 is 0 Å². The van der Waals surface area contributed by atoms with Crippen LogP contribution in [0.2, 0.25) is 0 Å². The smallest absolute Gasteiger partial charge is 0.222 e. The SMILES string of the molecule is O=C(CC1CC2CCC(C1)N2)N1CCCSCC1. The number of amides is 1. The molecule has 2 atom stereocenters. The van der Waals surface area contributed by atoms with E-state index in [4.69, 9.17) is 0 Å². The molecule has 0 spiro atoms. The van der Waals surface area contributed by atoms with Crippen LogP contribution in [0.15, 0.2) is 0 Å². The van der Waals surface area contributed by atoms with Crippen LogP contribution in [0.25, 0.3) is 0 Å². The summed E-state index contributed by atoms with van der Waals surface area (Å²) in [6.45, 7) is 1.96. The van der Waals surface area contributed by atoms with E-state index in [1.54, 1.807) is 0 Å². The average Bonchev–Trinajstić information content (AvgIpc) is 2.59. The third kappa shape index (κ3) is 3.02. The van der Waals surface area contributed by atoms with Gasteiger partial charge in [-0.15, -0.1) is 0 Å². The molecule has 0 saturated carbocycles. The fraction of sp³-hybridized carbons (Fsp3) is 0.929. The molecule has 1 amide bonds. The lowest BCUT2D eigenvalue weighted by molar-refractivity contribution is -0.132. The van der Waals surface area contributed by atoms with Crippen LogP contribution in [-0.4, -0.2) is 47.5 Å². The van der Waals surface area contributed by atoms with Crippen molar-refractivity contribution in [2.75, 3.05) is 24.6 Å². The molecule has 3 nitrogen and oxygen atoms in total. The van der Waals surface area contributed by atoms with Gasteiger partial charge in [-0.25, -0.2) is 0 Å². The highest BCUT2D eigenvalue weighted by molar-refractivity contribution is 7.99. The molecule has 0 aromatic rings. The largest absolute Gasteiger partial charge is 0.342 e. The molecule has 2 unspecified atom stereocenters. The van der Waals surface area contributed by atoms with Gasteiger partial charge in [0.05, 0.1) is 0 Å². The number of thioether (sulfide) groups is 1. The average molecular weight is 268 g/mol. The van der Waals surface area contributed by atoms with Crippen LogP contribution in [-0.2, 0) is 4.79 Å². The van der Waals surface area contributed by atoms with Crippen molar-refractivity contribution in [2.45, 2.75) is 50.6 Å². The van der Waals surface area contributed by atoms with E-state index in [9.17, 15) is 4.79 Å². The highest BCUT2D eigenvalue weighted by Crippen LogP contribution is 2.33. The number of piperidine rings is 1. The van der Waals surface area contributed by atoms with Gasteiger partial charge in [0, 0.05) is 37.3 Å². The second-order valence-electron chi connectivity index (χ2n) is 6.03. The van der Waals surface area contributed by atoms with Crippen LogP contribution in [0.3, 0.4) is 0 Å². The molecule has 0 aromatic carbocycles. The van der Waals surface area contributed by atoms with E-state index in [0.29, 0.717) is 23.9 Å². The van der Waals surface area contributed by atoms with Gasteiger partial charge in [0.15, 0.2) is 0 Å². The third-order valence-electron chi connectivity index (χ3n) is 4.61. The van der Waals surface area contributed by atoms with Crippen LogP contribution in [0.1, 0.15) is 38.5 Å². The van der Waals surface area contributed by atoms with E-state index in [1.807, 2.05) is 11.8 Å². The number of carbonyl (C=O) groups excluding carboxylic acids is 1. The molecule has 0 radical (unpaired) electrons.